The second kappa shape index (κ2) is 12.1. The number of anilines is 3. The van der Waals surface area contributed by atoms with E-state index in [1.54, 1.807) is 24.3 Å². The molecule has 3 aromatic rings. The molecule has 39 heavy (non-hydrogen) atoms. The van der Waals surface area contributed by atoms with Gasteiger partial charge < -0.3 is 20.6 Å². The van der Waals surface area contributed by atoms with Gasteiger partial charge in [-0.2, -0.15) is 0 Å². The van der Waals surface area contributed by atoms with Crippen LogP contribution in [0.4, 0.5) is 17.1 Å². The predicted molar refractivity (Wildman–Crippen MR) is 152 cm³/mol. The van der Waals surface area contributed by atoms with Crippen LogP contribution in [-0.2, 0) is 11.2 Å². The van der Waals surface area contributed by atoms with Crippen LogP contribution in [0.1, 0.15) is 36.2 Å². The third-order valence-electron chi connectivity index (χ3n) is 7.04. The number of nitrogens with zero attached hydrogens (tertiary/aromatic N) is 3. The second-order valence-corrected chi connectivity index (χ2v) is 10.2. The molecule has 0 aliphatic carbocycles. The molecular weight excluding hydrogens is 545 g/mol. The van der Waals surface area contributed by atoms with Gasteiger partial charge in [0.2, 0.25) is 0 Å². The van der Waals surface area contributed by atoms with Crippen molar-refractivity contribution in [2.24, 2.45) is 0 Å². The van der Waals surface area contributed by atoms with Crippen LogP contribution < -0.4 is 26.4 Å². The number of hydrogen-bond donors (Lipinski definition) is 3. The minimum atomic E-state index is -1.16. The Morgan fingerprint density at radius 3 is 2.33 bits per heavy atom. The third-order valence-corrected chi connectivity index (χ3v) is 7.62. The highest BCUT2D eigenvalue weighted by molar-refractivity contribution is 6.40. The van der Waals surface area contributed by atoms with Crippen LogP contribution in [0, 0.1) is 0 Å². The van der Waals surface area contributed by atoms with Crippen LogP contribution in [0.3, 0.4) is 0 Å². The van der Waals surface area contributed by atoms with Gasteiger partial charge in [0, 0.05) is 43.6 Å². The van der Waals surface area contributed by atoms with E-state index in [1.807, 2.05) is 4.90 Å². The van der Waals surface area contributed by atoms with E-state index >= 15 is 0 Å². The fourth-order valence-corrected chi connectivity index (χ4v) is 5.49. The van der Waals surface area contributed by atoms with Crippen LogP contribution in [-0.4, -0.2) is 65.1 Å². The largest absolute Gasteiger partial charge is 0.480 e. The molecule has 0 saturated carbocycles. The molecule has 0 radical (unpaired) electrons. The lowest BCUT2D eigenvalue weighted by atomic mass is 10.0. The van der Waals surface area contributed by atoms with Crippen molar-refractivity contribution in [1.82, 2.24) is 9.88 Å². The van der Waals surface area contributed by atoms with Gasteiger partial charge in [0.05, 0.1) is 15.6 Å². The van der Waals surface area contributed by atoms with Gasteiger partial charge in [-0.25, -0.2) is 4.79 Å². The first-order valence-electron chi connectivity index (χ1n) is 12.6. The summed E-state index contributed by atoms with van der Waals surface area (Å²) in [5, 5.41) is 15.6. The molecule has 1 unspecified atom stereocenters. The maximum absolute atomic E-state index is 12.6. The predicted octanol–water partition coefficient (Wildman–Crippen LogP) is 3.27. The fraction of sp³-hybridized carbons (Fsp3) is 0.370. The summed E-state index contributed by atoms with van der Waals surface area (Å²) in [6.45, 7) is 7.19. The number of aromatic nitrogens is 1. The normalized spacial score (nSPS) is 16.0. The Balaban J connectivity index is 1.44. The van der Waals surface area contributed by atoms with Gasteiger partial charge in [-0.1, -0.05) is 49.2 Å². The SMILES string of the molecule is CCN(CC)[C@H]1CCN(c2c(NC(Cc3ccc(NC(=O)c4c(Cl)cncc4Cl)cc3)C(=O)O)c(=O)c2=O)C1. The Kier molecular flexibility index (Phi) is 8.89. The summed E-state index contributed by atoms with van der Waals surface area (Å²) in [5.41, 5.74) is 0.239. The summed E-state index contributed by atoms with van der Waals surface area (Å²) in [5.74, 6) is -1.67. The topological polar surface area (TPSA) is 132 Å². The Hall–Kier alpha value is -3.47. The summed E-state index contributed by atoms with van der Waals surface area (Å²) in [6, 6.07) is 5.72. The lowest BCUT2D eigenvalue weighted by molar-refractivity contribution is -0.137. The van der Waals surface area contributed by atoms with Gasteiger partial charge in [0.25, 0.3) is 16.8 Å². The van der Waals surface area contributed by atoms with Crippen molar-refractivity contribution >= 4 is 52.1 Å². The number of rotatable bonds is 11. The highest BCUT2D eigenvalue weighted by atomic mass is 35.5. The van der Waals surface area contributed by atoms with Gasteiger partial charge in [0.1, 0.15) is 17.4 Å². The van der Waals surface area contributed by atoms with Crippen molar-refractivity contribution in [2.75, 3.05) is 41.7 Å². The lowest BCUT2D eigenvalue weighted by Gasteiger charge is -2.28. The molecule has 4 rings (SSSR count). The molecule has 1 aliphatic rings. The molecule has 2 aromatic carbocycles. The molecule has 1 amide bonds. The minimum Gasteiger partial charge on any atom is -0.480 e. The second-order valence-electron chi connectivity index (χ2n) is 9.36. The van der Waals surface area contributed by atoms with Gasteiger partial charge in [-0.15, -0.1) is 0 Å². The van der Waals surface area contributed by atoms with Gasteiger partial charge in [-0.05, 0) is 37.2 Å². The summed E-state index contributed by atoms with van der Waals surface area (Å²) in [7, 11) is 0. The van der Waals surface area contributed by atoms with E-state index in [0.29, 0.717) is 24.3 Å². The molecule has 206 valence electrons. The van der Waals surface area contributed by atoms with E-state index in [4.69, 9.17) is 23.2 Å². The molecule has 3 N–H and O–H groups in total. The highest BCUT2D eigenvalue weighted by Gasteiger charge is 2.34. The van der Waals surface area contributed by atoms with Crippen molar-refractivity contribution in [1.29, 1.82) is 0 Å². The van der Waals surface area contributed by atoms with Crippen molar-refractivity contribution in [3.05, 3.63) is 78.3 Å². The number of carbonyl (C=O) groups is 2. The lowest BCUT2D eigenvalue weighted by Crippen LogP contribution is -2.46. The van der Waals surface area contributed by atoms with Crippen LogP contribution in [0.2, 0.25) is 10.0 Å². The van der Waals surface area contributed by atoms with E-state index < -0.39 is 28.8 Å². The van der Waals surface area contributed by atoms with Gasteiger partial charge >= 0.3 is 5.97 Å². The van der Waals surface area contributed by atoms with E-state index in [1.165, 1.54) is 12.4 Å². The first kappa shape index (κ1) is 28.5. The Bertz CT molecular complexity index is 1410. The number of carbonyl (C=O) groups excluding carboxylic acids is 1. The zero-order valence-electron chi connectivity index (χ0n) is 21.5. The van der Waals surface area contributed by atoms with Crippen molar-refractivity contribution < 1.29 is 14.7 Å². The molecule has 0 spiro atoms. The molecule has 10 nitrogen and oxygen atoms in total. The van der Waals surface area contributed by atoms with E-state index in [9.17, 15) is 24.3 Å². The zero-order valence-corrected chi connectivity index (χ0v) is 23.1. The monoisotopic (exact) mass is 573 g/mol. The third kappa shape index (κ3) is 6.08. The number of halogens is 2. The van der Waals surface area contributed by atoms with Crippen LogP contribution in [0.15, 0.2) is 46.2 Å². The van der Waals surface area contributed by atoms with Gasteiger partial charge in [-0.3, -0.25) is 24.3 Å². The Morgan fingerprint density at radius 1 is 1.10 bits per heavy atom. The quantitative estimate of drug-likeness (QED) is 0.295. The minimum absolute atomic E-state index is 0.0475. The number of benzene rings is 1. The number of hydrogen-bond acceptors (Lipinski definition) is 8. The zero-order chi connectivity index (χ0) is 28.3. The van der Waals surface area contributed by atoms with Crippen LogP contribution in [0.5, 0.6) is 0 Å². The molecule has 1 saturated heterocycles. The van der Waals surface area contributed by atoms with Crippen molar-refractivity contribution in [3.8, 4) is 0 Å². The molecule has 2 atom stereocenters. The number of aliphatic carboxylic acids is 1. The number of carboxylic acid groups (broad SMARTS) is 1. The summed E-state index contributed by atoms with van der Waals surface area (Å²) >= 11 is 12.1. The summed E-state index contributed by atoms with van der Waals surface area (Å²) in [4.78, 5) is 57.5. The fourth-order valence-electron chi connectivity index (χ4n) is 4.95. The Labute approximate surface area is 235 Å². The van der Waals surface area contributed by atoms with Crippen LogP contribution >= 0.6 is 23.2 Å². The molecular formula is C27H29Cl2N5O5. The van der Waals surface area contributed by atoms with Crippen molar-refractivity contribution in [3.63, 3.8) is 0 Å². The maximum Gasteiger partial charge on any atom is 0.326 e. The summed E-state index contributed by atoms with van der Waals surface area (Å²) < 4.78 is 0. The standard InChI is InChI=1S/C27H29Cl2N5O5/c1-3-33(4-2)17-9-10-34(14-17)23-22(24(35)25(23)36)32-20(27(38)39)11-15-5-7-16(8-6-15)31-26(37)21-18(28)12-30-13-19(21)29/h5-8,12-13,17,20,32H,3-4,9-11,14H2,1-2H3,(H,31,37)(H,38,39)/t17-,20?/m0/s1. The smallest absolute Gasteiger partial charge is 0.326 e. The number of likely N-dealkylation sites (N-methyl/N-ethyl adjacent to an activating group) is 1. The van der Waals surface area contributed by atoms with Crippen LogP contribution in [0.25, 0.3) is 0 Å². The Morgan fingerprint density at radius 2 is 1.74 bits per heavy atom. The maximum atomic E-state index is 12.6. The highest BCUT2D eigenvalue weighted by Crippen LogP contribution is 2.28. The number of pyridine rings is 1. The number of carboxylic acids is 1. The van der Waals surface area contributed by atoms with E-state index in [-0.39, 0.29) is 39.4 Å². The van der Waals surface area contributed by atoms with E-state index in [2.05, 4.69) is 34.4 Å². The average Bonchev–Trinajstić information content (AvgIpc) is 3.38. The first-order valence-corrected chi connectivity index (χ1v) is 13.4. The summed E-state index contributed by atoms with van der Waals surface area (Å²) in [6.07, 6.45) is 3.55. The average molecular weight is 574 g/mol. The number of nitrogens with one attached hydrogen (secondary N) is 2. The molecule has 12 heteroatoms. The molecule has 1 aliphatic heterocycles. The molecule has 1 fully saturated rings. The number of amides is 1. The molecule has 0 bridgehead atoms. The first-order chi connectivity index (χ1) is 18.6. The van der Waals surface area contributed by atoms with E-state index in [0.717, 1.165) is 19.5 Å². The molecule has 1 aromatic heterocycles. The molecule has 2 heterocycles. The van der Waals surface area contributed by atoms with Crippen molar-refractivity contribution in [2.45, 2.75) is 38.8 Å². The van der Waals surface area contributed by atoms with Gasteiger partial charge in [0.15, 0.2) is 0 Å².